The quantitative estimate of drug-likeness (QED) is 0.274. The maximum Gasteiger partial charge on any atom is 0.182 e. The average molecular weight is 560 g/mol. The molecule has 0 spiro atoms. The molecule has 1 saturated heterocycles. The third-order valence-electron chi connectivity index (χ3n) is 7.03. The molecule has 0 aliphatic carbocycles. The molecular weight excluding hydrogens is 516 g/mol. The Bertz CT molecular complexity index is 1020. The monoisotopic (exact) mass is 558 g/mol. The number of carbonyl (C=O) groups is 1. The van der Waals surface area contributed by atoms with Gasteiger partial charge >= 0.3 is 0 Å². The lowest BCUT2D eigenvalue weighted by Crippen LogP contribution is -2.32. The van der Waals surface area contributed by atoms with Gasteiger partial charge in [-0.2, -0.15) is 0 Å². The van der Waals surface area contributed by atoms with Gasteiger partial charge in [0.25, 0.3) is 0 Å². The first-order chi connectivity index (χ1) is 16.3. The Morgan fingerprint density at radius 1 is 1.06 bits per heavy atom. The zero-order valence-electron chi connectivity index (χ0n) is 22.9. The van der Waals surface area contributed by atoms with Crippen molar-refractivity contribution < 1.29 is 14.6 Å². The summed E-state index contributed by atoms with van der Waals surface area (Å²) in [7, 11) is 1.71. The Kier molecular flexibility index (Phi) is 9.94. The van der Waals surface area contributed by atoms with Gasteiger partial charge < -0.3 is 14.7 Å². The van der Waals surface area contributed by atoms with E-state index in [1.807, 2.05) is 76.8 Å². The first kappa shape index (κ1) is 30.0. The third kappa shape index (κ3) is 6.77. The van der Waals surface area contributed by atoms with Gasteiger partial charge in [0.1, 0.15) is 11.6 Å². The Balaban J connectivity index is 0.00000456. The molecule has 6 heteroatoms. The van der Waals surface area contributed by atoms with Gasteiger partial charge in [-0.15, -0.1) is 17.0 Å². The highest BCUT2D eigenvalue weighted by Gasteiger charge is 2.39. The minimum atomic E-state index is -0.300. The molecule has 1 aliphatic heterocycles. The van der Waals surface area contributed by atoms with E-state index in [0.717, 1.165) is 29.5 Å². The van der Waals surface area contributed by atoms with E-state index in [0.29, 0.717) is 24.6 Å². The molecule has 0 radical (unpaired) electrons. The van der Waals surface area contributed by atoms with E-state index in [2.05, 4.69) is 12.1 Å². The van der Waals surface area contributed by atoms with Crippen LogP contribution in [0.4, 0.5) is 0 Å². The van der Waals surface area contributed by atoms with Gasteiger partial charge in [0.15, 0.2) is 5.78 Å². The Hall–Kier alpha value is -2.18. The predicted octanol–water partition coefficient (Wildman–Crippen LogP) is 6.87. The van der Waals surface area contributed by atoms with Gasteiger partial charge in [-0.25, -0.2) is 0 Å². The highest BCUT2D eigenvalue weighted by atomic mass is 79.9. The molecule has 2 N–H and O–H groups in total. The van der Waals surface area contributed by atoms with E-state index >= 15 is 0 Å². The van der Waals surface area contributed by atoms with Crippen LogP contribution < -0.4 is 0 Å². The lowest BCUT2D eigenvalue weighted by atomic mass is 9.78. The number of Topliss-reactive ketones (excluding diaryl/α,β-unsaturated/α-hetero) is 1. The maximum absolute atomic E-state index is 13.6. The van der Waals surface area contributed by atoms with Crippen LogP contribution in [0, 0.1) is 11.3 Å². The van der Waals surface area contributed by atoms with Crippen LogP contribution in [-0.2, 0) is 15.6 Å². The van der Waals surface area contributed by atoms with Crippen molar-refractivity contribution in [2.24, 2.45) is 5.92 Å². The molecule has 2 atom stereocenters. The normalized spacial score (nSPS) is 18.3. The van der Waals surface area contributed by atoms with E-state index in [1.54, 1.807) is 7.11 Å². The minimum absolute atomic E-state index is 0. The number of nitrogens with one attached hydrogen (secondary N) is 1. The molecule has 0 saturated carbocycles. The summed E-state index contributed by atoms with van der Waals surface area (Å²) >= 11 is 0. The number of hydrogen-bond acceptors (Lipinski definition) is 4. The number of ketones is 1. The Morgan fingerprint density at radius 3 is 2.11 bits per heavy atom. The predicted molar refractivity (Wildman–Crippen MR) is 153 cm³/mol. The van der Waals surface area contributed by atoms with Crippen LogP contribution in [0.5, 0.6) is 5.75 Å². The fourth-order valence-corrected chi connectivity index (χ4v) is 5.10. The second-order valence-electron chi connectivity index (χ2n) is 11.9. The zero-order chi connectivity index (χ0) is 26.0. The highest BCUT2D eigenvalue weighted by molar-refractivity contribution is 8.93. The molecule has 2 aromatic rings. The van der Waals surface area contributed by atoms with E-state index in [9.17, 15) is 9.90 Å². The number of likely N-dealkylation sites (tertiary alicyclic amines) is 1. The fourth-order valence-electron chi connectivity index (χ4n) is 5.10. The SMILES string of the molecule is Br.COCCC[C@@H]1CN(CC(=O)c2cc(C(C)(C)C)c(O)c(C(C)(C)C)c2)C(=N)[C@@H]1c1ccccc1. The molecule has 5 nitrogen and oxygen atoms in total. The molecule has 198 valence electrons. The van der Waals surface area contributed by atoms with Crippen molar-refractivity contribution in [2.75, 3.05) is 26.8 Å². The van der Waals surface area contributed by atoms with E-state index in [-0.39, 0.29) is 57.7 Å². The molecule has 1 aliphatic rings. The maximum atomic E-state index is 13.6. The summed E-state index contributed by atoms with van der Waals surface area (Å²) in [6.45, 7) is 13.8. The largest absolute Gasteiger partial charge is 0.507 e. The van der Waals surface area contributed by atoms with Gasteiger partial charge in [0, 0.05) is 42.9 Å². The number of amidine groups is 1. The Labute approximate surface area is 227 Å². The summed E-state index contributed by atoms with van der Waals surface area (Å²) in [4.78, 5) is 15.5. The number of nitrogens with zero attached hydrogens (tertiary/aromatic N) is 1. The number of hydrogen-bond donors (Lipinski definition) is 2. The topological polar surface area (TPSA) is 73.6 Å². The number of aromatic hydroxyl groups is 1. The molecule has 0 unspecified atom stereocenters. The van der Waals surface area contributed by atoms with Gasteiger partial charge in [-0.05, 0) is 47.3 Å². The number of halogens is 1. The summed E-state index contributed by atoms with van der Waals surface area (Å²) in [6, 6.07) is 13.9. The fraction of sp³-hybridized carbons (Fsp3) is 0.533. The molecule has 1 fully saturated rings. The van der Waals surface area contributed by atoms with Crippen LogP contribution in [0.3, 0.4) is 0 Å². The highest BCUT2D eigenvalue weighted by Crippen LogP contribution is 2.41. The van der Waals surface area contributed by atoms with E-state index in [4.69, 9.17) is 10.1 Å². The molecule has 0 amide bonds. The van der Waals surface area contributed by atoms with Crippen molar-refractivity contribution in [1.82, 2.24) is 4.90 Å². The molecule has 36 heavy (non-hydrogen) atoms. The standard InChI is InChI=1S/C30H42N2O3.BrH/c1-29(2,3)23-16-22(17-24(27(23)34)30(4,5)6)25(33)19-32-18-21(14-11-15-35-7)26(28(32)31)20-12-9-8-10-13-20;/h8-10,12-13,16-17,21,26,31,34H,11,14-15,18-19H2,1-7H3;1H/t21-,26-;/m1./s1. The van der Waals surface area contributed by atoms with Crippen molar-refractivity contribution in [3.8, 4) is 5.75 Å². The summed E-state index contributed by atoms with van der Waals surface area (Å²) in [5.74, 6) is 1.02. The summed E-state index contributed by atoms with van der Waals surface area (Å²) in [5.41, 5.74) is 2.69. The minimum Gasteiger partial charge on any atom is -0.507 e. The van der Waals surface area contributed by atoms with Crippen molar-refractivity contribution >= 4 is 28.6 Å². The molecule has 0 bridgehead atoms. The second kappa shape index (κ2) is 11.9. The van der Waals surface area contributed by atoms with Crippen LogP contribution >= 0.6 is 17.0 Å². The number of benzene rings is 2. The molecule has 2 aromatic carbocycles. The van der Waals surface area contributed by atoms with Crippen LogP contribution in [-0.4, -0.2) is 48.4 Å². The van der Waals surface area contributed by atoms with Crippen molar-refractivity contribution in [1.29, 1.82) is 5.41 Å². The smallest absolute Gasteiger partial charge is 0.182 e. The Morgan fingerprint density at radius 2 is 1.61 bits per heavy atom. The van der Waals surface area contributed by atoms with Gasteiger partial charge in [-0.1, -0.05) is 71.9 Å². The van der Waals surface area contributed by atoms with Crippen molar-refractivity contribution in [2.45, 2.75) is 71.1 Å². The van der Waals surface area contributed by atoms with Crippen LogP contribution in [0.25, 0.3) is 0 Å². The first-order valence-electron chi connectivity index (χ1n) is 12.6. The van der Waals surface area contributed by atoms with Crippen LogP contribution in [0.15, 0.2) is 42.5 Å². The van der Waals surface area contributed by atoms with E-state index < -0.39 is 0 Å². The lowest BCUT2D eigenvalue weighted by molar-refractivity contribution is 0.0962. The summed E-state index contributed by atoms with van der Waals surface area (Å²) in [6.07, 6.45) is 1.88. The van der Waals surface area contributed by atoms with Gasteiger partial charge in [-0.3, -0.25) is 10.2 Å². The number of rotatable bonds is 8. The molecular formula is C30H43BrN2O3. The average Bonchev–Trinajstić information content (AvgIpc) is 3.07. The molecule has 0 aromatic heterocycles. The lowest BCUT2D eigenvalue weighted by Gasteiger charge is -2.28. The van der Waals surface area contributed by atoms with Gasteiger partial charge in [0.05, 0.1) is 6.54 Å². The number of carbonyl (C=O) groups excluding carboxylic acids is 1. The molecule has 3 rings (SSSR count). The number of phenolic OH excluding ortho intramolecular Hbond substituents is 1. The van der Waals surface area contributed by atoms with E-state index in [1.165, 1.54) is 0 Å². The number of methoxy groups -OCH3 is 1. The number of ether oxygens (including phenoxy) is 1. The van der Waals surface area contributed by atoms with Crippen molar-refractivity contribution in [3.05, 3.63) is 64.7 Å². The number of phenols is 1. The summed E-state index contributed by atoms with van der Waals surface area (Å²) < 4.78 is 5.26. The summed E-state index contributed by atoms with van der Waals surface area (Å²) in [5, 5.41) is 20.0. The zero-order valence-corrected chi connectivity index (χ0v) is 24.6. The van der Waals surface area contributed by atoms with Crippen LogP contribution in [0.2, 0.25) is 0 Å². The van der Waals surface area contributed by atoms with Crippen molar-refractivity contribution in [3.63, 3.8) is 0 Å². The first-order valence-corrected chi connectivity index (χ1v) is 12.6. The second-order valence-corrected chi connectivity index (χ2v) is 11.9. The third-order valence-corrected chi connectivity index (χ3v) is 7.03. The molecule has 1 heterocycles. The van der Waals surface area contributed by atoms with Gasteiger partial charge in [0.2, 0.25) is 0 Å². The van der Waals surface area contributed by atoms with Crippen LogP contribution in [0.1, 0.15) is 87.4 Å².